The molecule has 2 aromatic rings. The summed E-state index contributed by atoms with van der Waals surface area (Å²) in [5, 5.41) is 0. The number of carbonyl (C=O) groups excluding carboxylic acids is 1. The molecule has 0 N–H and O–H groups in total. The molecule has 4 nitrogen and oxygen atoms in total. The van der Waals surface area contributed by atoms with Crippen molar-refractivity contribution in [3.63, 3.8) is 0 Å². The summed E-state index contributed by atoms with van der Waals surface area (Å²) in [5.41, 5.74) is 2.32. The predicted octanol–water partition coefficient (Wildman–Crippen LogP) is 4.05. The SMILES string of the molecule is CCCN1C(=O)C2CC2C(OCc2ccccc2)C1COCc1ccccc1. The van der Waals surface area contributed by atoms with Crippen LogP contribution in [-0.4, -0.2) is 36.1 Å². The highest BCUT2D eigenvalue weighted by Gasteiger charge is 2.58. The molecule has 1 saturated heterocycles. The number of ether oxygens (including phenoxy) is 2. The molecule has 1 amide bonds. The van der Waals surface area contributed by atoms with Crippen LogP contribution in [0.2, 0.25) is 0 Å². The van der Waals surface area contributed by atoms with E-state index >= 15 is 0 Å². The Labute approximate surface area is 167 Å². The molecule has 4 atom stereocenters. The normalized spacial score (nSPS) is 26.2. The summed E-state index contributed by atoms with van der Waals surface area (Å²) in [6.07, 6.45) is 1.95. The maximum atomic E-state index is 12.8. The highest BCUT2D eigenvalue weighted by atomic mass is 16.5. The van der Waals surface area contributed by atoms with Crippen molar-refractivity contribution in [2.24, 2.45) is 11.8 Å². The Kier molecular flexibility index (Phi) is 6.08. The molecular weight excluding hydrogens is 350 g/mol. The average Bonchev–Trinajstić information content (AvgIpc) is 3.53. The Hall–Kier alpha value is -2.17. The average molecular weight is 380 g/mol. The van der Waals surface area contributed by atoms with Crippen molar-refractivity contribution in [2.75, 3.05) is 13.2 Å². The lowest BCUT2D eigenvalue weighted by Gasteiger charge is -2.40. The second kappa shape index (κ2) is 8.89. The molecule has 1 saturated carbocycles. The van der Waals surface area contributed by atoms with Gasteiger partial charge in [0.2, 0.25) is 5.91 Å². The molecule has 4 heteroatoms. The van der Waals surface area contributed by atoms with Crippen LogP contribution in [0, 0.1) is 11.8 Å². The van der Waals surface area contributed by atoms with Crippen LogP contribution in [0.3, 0.4) is 0 Å². The second-order valence-electron chi connectivity index (χ2n) is 7.87. The number of hydrogen-bond acceptors (Lipinski definition) is 3. The van der Waals surface area contributed by atoms with E-state index in [1.165, 1.54) is 5.56 Å². The van der Waals surface area contributed by atoms with Gasteiger partial charge in [0.1, 0.15) is 0 Å². The van der Waals surface area contributed by atoms with Gasteiger partial charge in [-0.2, -0.15) is 0 Å². The molecule has 1 aliphatic carbocycles. The lowest BCUT2D eigenvalue weighted by molar-refractivity contribution is -0.151. The van der Waals surface area contributed by atoms with Gasteiger partial charge in [-0.15, -0.1) is 0 Å². The standard InChI is InChI=1S/C24H29NO3/c1-2-13-25-22(17-27-15-18-9-5-3-6-10-18)23(20-14-21(20)24(25)26)28-16-19-11-7-4-8-12-19/h3-12,20-23H,2,13-17H2,1H3. The molecule has 2 aliphatic rings. The smallest absolute Gasteiger partial charge is 0.226 e. The van der Waals surface area contributed by atoms with E-state index in [0.29, 0.717) is 31.6 Å². The minimum Gasteiger partial charge on any atom is -0.375 e. The molecule has 1 heterocycles. The monoisotopic (exact) mass is 379 g/mol. The molecule has 0 bridgehead atoms. The lowest BCUT2D eigenvalue weighted by atomic mass is 9.97. The summed E-state index contributed by atoms with van der Waals surface area (Å²) in [5.74, 6) is 0.784. The van der Waals surface area contributed by atoms with Gasteiger partial charge in [-0.05, 0) is 29.9 Å². The van der Waals surface area contributed by atoms with Gasteiger partial charge in [0.15, 0.2) is 0 Å². The van der Waals surface area contributed by atoms with Crippen molar-refractivity contribution in [3.05, 3.63) is 71.8 Å². The van der Waals surface area contributed by atoms with Crippen LogP contribution in [-0.2, 0) is 27.5 Å². The van der Waals surface area contributed by atoms with E-state index in [1.807, 2.05) is 41.3 Å². The van der Waals surface area contributed by atoms with E-state index in [-0.39, 0.29) is 18.1 Å². The topological polar surface area (TPSA) is 38.8 Å². The van der Waals surface area contributed by atoms with Crippen LogP contribution in [0.5, 0.6) is 0 Å². The number of likely N-dealkylation sites (tertiary alicyclic amines) is 1. The van der Waals surface area contributed by atoms with Crippen molar-refractivity contribution < 1.29 is 14.3 Å². The highest BCUT2D eigenvalue weighted by molar-refractivity contribution is 5.83. The zero-order valence-electron chi connectivity index (χ0n) is 16.5. The zero-order chi connectivity index (χ0) is 19.3. The summed E-state index contributed by atoms with van der Waals surface area (Å²) >= 11 is 0. The van der Waals surface area contributed by atoms with Gasteiger partial charge >= 0.3 is 0 Å². The van der Waals surface area contributed by atoms with Crippen LogP contribution in [0.1, 0.15) is 30.9 Å². The number of benzene rings is 2. The third-order valence-corrected chi connectivity index (χ3v) is 5.79. The third kappa shape index (κ3) is 4.29. The Morgan fingerprint density at radius 3 is 2.25 bits per heavy atom. The largest absolute Gasteiger partial charge is 0.375 e. The summed E-state index contributed by atoms with van der Waals surface area (Å²) in [6.45, 7) is 4.55. The van der Waals surface area contributed by atoms with Crippen molar-refractivity contribution in [1.29, 1.82) is 0 Å². The van der Waals surface area contributed by atoms with Gasteiger partial charge in [-0.3, -0.25) is 4.79 Å². The van der Waals surface area contributed by atoms with Crippen LogP contribution in [0.25, 0.3) is 0 Å². The number of hydrogen-bond donors (Lipinski definition) is 0. The van der Waals surface area contributed by atoms with Gasteiger partial charge in [-0.25, -0.2) is 0 Å². The van der Waals surface area contributed by atoms with Gasteiger partial charge < -0.3 is 14.4 Å². The lowest BCUT2D eigenvalue weighted by Crippen LogP contribution is -2.55. The van der Waals surface area contributed by atoms with E-state index in [0.717, 1.165) is 24.9 Å². The molecule has 0 aromatic heterocycles. The number of amides is 1. The van der Waals surface area contributed by atoms with E-state index in [9.17, 15) is 4.79 Å². The summed E-state index contributed by atoms with van der Waals surface area (Å²) in [7, 11) is 0. The molecule has 148 valence electrons. The first kappa shape index (κ1) is 19.2. The first-order chi connectivity index (χ1) is 13.8. The first-order valence-corrected chi connectivity index (χ1v) is 10.4. The molecule has 28 heavy (non-hydrogen) atoms. The van der Waals surface area contributed by atoms with E-state index in [1.54, 1.807) is 0 Å². The first-order valence-electron chi connectivity index (χ1n) is 10.4. The molecular formula is C24H29NO3. The maximum absolute atomic E-state index is 12.8. The zero-order valence-corrected chi connectivity index (χ0v) is 16.5. The molecule has 0 radical (unpaired) electrons. The van der Waals surface area contributed by atoms with Crippen LogP contribution in [0.4, 0.5) is 0 Å². The highest BCUT2D eigenvalue weighted by Crippen LogP contribution is 2.49. The fraction of sp³-hybridized carbons (Fsp3) is 0.458. The summed E-state index contributed by atoms with van der Waals surface area (Å²) in [4.78, 5) is 14.9. The number of fused-ring (bicyclic) bond motifs is 1. The molecule has 4 unspecified atom stereocenters. The predicted molar refractivity (Wildman–Crippen MR) is 109 cm³/mol. The van der Waals surface area contributed by atoms with E-state index < -0.39 is 0 Å². The third-order valence-electron chi connectivity index (χ3n) is 5.79. The molecule has 2 aromatic carbocycles. The van der Waals surface area contributed by atoms with Crippen LogP contribution >= 0.6 is 0 Å². The number of piperidine rings is 1. The van der Waals surface area contributed by atoms with Crippen LogP contribution in [0.15, 0.2) is 60.7 Å². The minimum atomic E-state index is -0.0105. The van der Waals surface area contributed by atoms with Gasteiger partial charge in [0.25, 0.3) is 0 Å². The fourth-order valence-electron chi connectivity index (χ4n) is 4.28. The minimum absolute atomic E-state index is 0.0105. The van der Waals surface area contributed by atoms with Crippen molar-refractivity contribution >= 4 is 5.91 Å². The Morgan fingerprint density at radius 2 is 1.61 bits per heavy atom. The molecule has 2 fully saturated rings. The molecule has 1 aliphatic heterocycles. The molecule has 4 rings (SSSR count). The Bertz CT molecular complexity index is 764. The second-order valence-corrected chi connectivity index (χ2v) is 7.87. The van der Waals surface area contributed by atoms with Crippen molar-refractivity contribution in [2.45, 2.75) is 45.1 Å². The van der Waals surface area contributed by atoms with Gasteiger partial charge in [0, 0.05) is 12.5 Å². The summed E-state index contributed by atoms with van der Waals surface area (Å²) in [6, 6.07) is 20.4. The van der Waals surface area contributed by atoms with Gasteiger partial charge in [-0.1, -0.05) is 67.6 Å². The fourth-order valence-corrected chi connectivity index (χ4v) is 4.28. The van der Waals surface area contributed by atoms with Gasteiger partial charge in [0.05, 0.1) is 32.0 Å². The Balaban J connectivity index is 1.44. The quantitative estimate of drug-likeness (QED) is 0.660. The molecule has 0 spiro atoms. The van der Waals surface area contributed by atoms with Crippen LogP contribution < -0.4 is 0 Å². The number of rotatable bonds is 9. The van der Waals surface area contributed by atoms with Crippen molar-refractivity contribution in [1.82, 2.24) is 4.90 Å². The van der Waals surface area contributed by atoms with Crippen molar-refractivity contribution in [3.8, 4) is 0 Å². The number of carbonyl (C=O) groups is 1. The maximum Gasteiger partial charge on any atom is 0.226 e. The van der Waals surface area contributed by atoms with E-state index in [4.69, 9.17) is 9.47 Å². The van der Waals surface area contributed by atoms with E-state index in [2.05, 4.69) is 31.2 Å². The summed E-state index contributed by atoms with van der Waals surface area (Å²) < 4.78 is 12.4. The Morgan fingerprint density at radius 1 is 0.964 bits per heavy atom. The number of nitrogens with zero attached hydrogens (tertiary/aromatic N) is 1.